The second-order valence-corrected chi connectivity index (χ2v) is 6.43. The van der Waals surface area contributed by atoms with Gasteiger partial charge in [-0.1, -0.05) is 11.6 Å². The van der Waals surface area contributed by atoms with Crippen LogP contribution < -0.4 is 15.0 Å². The van der Waals surface area contributed by atoms with E-state index in [9.17, 15) is 4.79 Å². The molecule has 132 valence electrons. The van der Waals surface area contributed by atoms with Crippen molar-refractivity contribution in [3.05, 3.63) is 47.1 Å². The van der Waals surface area contributed by atoms with E-state index in [-0.39, 0.29) is 5.91 Å². The van der Waals surface area contributed by atoms with Crippen LogP contribution in [0.15, 0.2) is 36.5 Å². The Morgan fingerprint density at radius 1 is 1.20 bits per heavy atom. The highest BCUT2D eigenvalue weighted by Crippen LogP contribution is 2.28. The molecule has 1 aromatic heterocycles. The van der Waals surface area contributed by atoms with Gasteiger partial charge in [0, 0.05) is 43.0 Å². The Bertz CT molecular complexity index is 760. The number of ether oxygens (including phenoxy) is 1. The molecule has 0 radical (unpaired) electrons. The van der Waals surface area contributed by atoms with Gasteiger partial charge in [0.05, 0.1) is 12.8 Å². The third-order valence-corrected chi connectivity index (χ3v) is 4.48. The minimum Gasteiger partial charge on any atom is -0.495 e. The van der Waals surface area contributed by atoms with Crippen LogP contribution in [0.5, 0.6) is 5.75 Å². The zero-order chi connectivity index (χ0) is 17.8. The summed E-state index contributed by atoms with van der Waals surface area (Å²) in [6, 6.07) is 8.62. The third-order valence-electron chi connectivity index (χ3n) is 4.24. The van der Waals surface area contributed by atoms with Crippen molar-refractivity contribution in [1.29, 1.82) is 0 Å². The Labute approximate surface area is 152 Å². The van der Waals surface area contributed by atoms with Crippen molar-refractivity contribution in [2.45, 2.75) is 0 Å². The number of carbonyl (C=O) groups is 1. The number of nitrogens with one attached hydrogen (secondary N) is 1. The molecule has 1 aromatic carbocycles. The van der Waals surface area contributed by atoms with Gasteiger partial charge in [-0.15, -0.1) is 0 Å². The summed E-state index contributed by atoms with van der Waals surface area (Å²) in [5, 5.41) is 3.38. The largest absolute Gasteiger partial charge is 0.495 e. The predicted octanol–water partition coefficient (Wildman–Crippen LogP) is 2.75. The first kappa shape index (κ1) is 17.5. The zero-order valence-electron chi connectivity index (χ0n) is 14.3. The van der Waals surface area contributed by atoms with Crippen LogP contribution in [0.25, 0.3) is 0 Å². The summed E-state index contributed by atoms with van der Waals surface area (Å²) in [4.78, 5) is 21.5. The van der Waals surface area contributed by atoms with Crippen LogP contribution in [-0.4, -0.2) is 56.1 Å². The maximum atomic E-state index is 12.6. The Kier molecular flexibility index (Phi) is 5.40. The van der Waals surface area contributed by atoms with Gasteiger partial charge in [0.1, 0.15) is 11.6 Å². The van der Waals surface area contributed by atoms with Gasteiger partial charge in [0.2, 0.25) is 0 Å². The van der Waals surface area contributed by atoms with Crippen LogP contribution in [-0.2, 0) is 0 Å². The molecular formula is C18H21ClN4O2. The van der Waals surface area contributed by atoms with Gasteiger partial charge in [-0.25, -0.2) is 4.98 Å². The topological polar surface area (TPSA) is 57.7 Å². The Hall–Kier alpha value is -2.31. The van der Waals surface area contributed by atoms with E-state index in [0.717, 1.165) is 32.0 Å². The second kappa shape index (κ2) is 7.72. The van der Waals surface area contributed by atoms with Gasteiger partial charge in [-0.05, 0) is 37.4 Å². The molecule has 0 unspecified atom stereocenters. The maximum Gasteiger partial charge on any atom is 0.255 e. The average Bonchev–Trinajstić information content (AvgIpc) is 2.62. The van der Waals surface area contributed by atoms with Crippen LogP contribution in [0, 0.1) is 0 Å². The fourth-order valence-corrected chi connectivity index (χ4v) is 2.91. The molecule has 1 fully saturated rings. The van der Waals surface area contributed by atoms with Gasteiger partial charge in [0.25, 0.3) is 5.91 Å². The number of likely N-dealkylation sites (N-methyl/N-ethyl adjacent to an activating group) is 1. The molecule has 1 aliphatic rings. The molecule has 0 saturated carbocycles. The number of anilines is 2. The number of pyridine rings is 1. The Morgan fingerprint density at radius 2 is 1.96 bits per heavy atom. The number of nitrogens with zero attached hydrogens (tertiary/aromatic N) is 3. The summed E-state index contributed by atoms with van der Waals surface area (Å²) in [6.07, 6.45) is 1.66. The standard InChI is InChI=1S/C18H21ClN4O2/c1-22-7-9-23(10-8-22)17-11-13(5-6-20-17)18(24)21-15-12-14(19)3-4-16(15)25-2/h3-6,11-12H,7-10H2,1-2H3,(H,21,24). The monoisotopic (exact) mass is 360 g/mol. The number of methoxy groups -OCH3 is 1. The second-order valence-electron chi connectivity index (χ2n) is 5.99. The van der Waals surface area contributed by atoms with E-state index in [0.29, 0.717) is 22.0 Å². The lowest BCUT2D eigenvalue weighted by Crippen LogP contribution is -2.44. The predicted molar refractivity (Wildman–Crippen MR) is 99.9 cm³/mol. The summed E-state index contributed by atoms with van der Waals surface area (Å²) in [6.45, 7) is 3.77. The highest BCUT2D eigenvalue weighted by molar-refractivity contribution is 6.31. The minimum absolute atomic E-state index is 0.224. The van der Waals surface area contributed by atoms with Crippen LogP contribution >= 0.6 is 11.6 Å². The summed E-state index contributed by atoms with van der Waals surface area (Å²) in [7, 11) is 3.66. The quantitative estimate of drug-likeness (QED) is 0.908. The van der Waals surface area contributed by atoms with Crippen molar-refractivity contribution in [2.75, 3.05) is 50.6 Å². The smallest absolute Gasteiger partial charge is 0.255 e. The van der Waals surface area contributed by atoms with E-state index >= 15 is 0 Å². The normalized spacial score (nSPS) is 15.1. The van der Waals surface area contributed by atoms with Crippen molar-refractivity contribution in [3.63, 3.8) is 0 Å². The van der Waals surface area contributed by atoms with E-state index in [1.807, 2.05) is 6.07 Å². The first-order valence-electron chi connectivity index (χ1n) is 8.11. The first-order chi connectivity index (χ1) is 12.1. The highest BCUT2D eigenvalue weighted by atomic mass is 35.5. The molecule has 1 N–H and O–H groups in total. The molecule has 1 saturated heterocycles. The van der Waals surface area contributed by atoms with Crippen molar-refractivity contribution in [1.82, 2.24) is 9.88 Å². The van der Waals surface area contributed by atoms with Gasteiger partial charge < -0.3 is 19.9 Å². The average molecular weight is 361 g/mol. The zero-order valence-corrected chi connectivity index (χ0v) is 15.1. The van der Waals surface area contributed by atoms with E-state index < -0.39 is 0 Å². The number of hydrogen-bond donors (Lipinski definition) is 1. The molecule has 2 aromatic rings. The van der Waals surface area contributed by atoms with E-state index in [2.05, 4.69) is 27.1 Å². The number of rotatable bonds is 4. The molecule has 0 bridgehead atoms. The summed E-state index contributed by atoms with van der Waals surface area (Å²) >= 11 is 6.01. The van der Waals surface area contributed by atoms with E-state index in [4.69, 9.17) is 16.3 Å². The molecule has 0 aliphatic carbocycles. The molecule has 0 spiro atoms. The maximum absolute atomic E-state index is 12.6. The van der Waals surface area contributed by atoms with E-state index in [1.54, 1.807) is 37.6 Å². The van der Waals surface area contributed by atoms with Crippen molar-refractivity contribution in [2.24, 2.45) is 0 Å². The molecule has 2 heterocycles. The number of hydrogen-bond acceptors (Lipinski definition) is 5. The number of amides is 1. The summed E-state index contributed by atoms with van der Waals surface area (Å²) in [5.74, 6) is 1.16. The molecular weight excluding hydrogens is 340 g/mol. The summed E-state index contributed by atoms with van der Waals surface area (Å²) < 4.78 is 5.27. The van der Waals surface area contributed by atoms with Crippen LogP contribution in [0.2, 0.25) is 5.02 Å². The van der Waals surface area contributed by atoms with Crippen LogP contribution in [0.4, 0.5) is 11.5 Å². The minimum atomic E-state index is -0.224. The van der Waals surface area contributed by atoms with Gasteiger partial charge in [-0.3, -0.25) is 4.79 Å². The third kappa shape index (κ3) is 4.21. The van der Waals surface area contributed by atoms with Gasteiger partial charge in [-0.2, -0.15) is 0 Å². The van der Waals surface area contributed by atoms with Crippen LogP contribution in [0.1, 0.15) is 10.4 Å². The molecule has 25 heavy (non-hydrogen) atoms. The Morgan fingerprint density at radius 3 is 2.68 bits per heavy atom. The lowest BCUT2D eigenvalue weighted by molar-refractivity contribution is 0.102. The SMILES string of the molecule is COc1ccc(Cl)cc1NC(=O)c1ccnc(N2CCN(C)CC2)c1. The van der Waals surface area contributed by atoms with Crippen molar-refractivity contribution in [3.8, 4) is 5.75 Å². The molecule has 1 aliphatic heterocycles. The van der Waals surface area contributed by atoms with Crippen molar-refractivity contribution < 1.29 is 9.53 Å². The fraction of sp³-hybridized carbons (Fsp3) is 0.333. The number of halogens is 1. The van der Waals surface area contributed by atoms with Crippen LogP contribution in [0.3, 0.4) is 0 Å². The molecule has 6 nitrogen and oxygen atoms in total. The fourth-order valence-electron chi connectivity index (χ4n) is 2.74. The lowest BCUT2D eigenvalue weighted by atomic mass is 10.2. The molecule has 7 heteroatoms. The van der Waals surface area contributed by atoms with E-state index in [1.165, 1.54) is 0 Å². The number of benzene rings is 1. The molecule has 1 amide bonds. The number of carbonyl (C=O) groups excluding carboxylic acids is 1. The summed E-state index contributed by atoms with van der Waals surface area (Å²) in [5.41, 5.74) is 1.09. The number of piperazine rings is 1. The van der Waals surface area contributed by atoms with Crippen molar-refractivity contribution >= 4 is 29.0 Å². The highest BCUT2D eigenvalue weighted by Gasteiger charge is 2.17. The molecule has 3 rings (SSSR count). The number of aromatic nitrogens is 1. The Balaban J connectivity index is 1.77. The van der Waals surface area contributed by atoms with Gasteiger partial charge in [0.15, 0.2) is 0 Å². The van der Waals surface area contributed by atoms with Gasteiger partial charge >= 0.3 is 0 Å². The lowest BCUT2D eigenvalue weighted by Gasteiger charge is -2.33. The first-order valence-corrected chi connectivity index (χ1v) is 8.49. The molecule has 0 atom stereocenters.